The zero-order chi connectivity index (χ0) is 21.9. The molecule has 0 saturated heterocycles. The van der Waals surface area contributed by atoms with E-state index in [0.29, 0.717) is 36.7 Å². The van der Waals surface area contributed by atoms with Crippen molar-refractivity contribution >= 4 is 23.5 Å². The molecule has 0 aliphatic heterocycles. The van der Waals surface area contributed by atoms with Crippen LogP contribution >= 0.6 is 0 Å². The number of nitrogens with one attached hydrogen (secondary N) is 3. The summed E-state index contributed by atoms with van der Waals surface area (Å²) in [5.41, 5.74) is 2.06. The van der Waals surface area contributed by atoms with Gasteiger partial charge in [-0.3, -0.25) is 9.59 Å². The van der Waals surface area contributed by atoms with Gasteiger partial charge in [0.15, 0.2) is 5.96 Å². The number of guanidine groups is 1. The normalized spacial score (nSPS) is 11.0. The molecule has 0 aromatic heterocycles. The van der Waals surface area contributed by atoms with Gasteiger partial charge in [0.25, 0.3) is 5.91 Å². The predicted molar refractivity (Wildman–Crippen MR) is 117 cm³/mol. The molecule has 0 atom stereocenters. The molecule has 2 aromatic carbocycles. The van der Waals surface area contributed by atoms with Crippen molar-refractivity contribution in [2.75, 3.05) is 39.0 Å². The Hall–Kier alpha value is -3.42. The first-order chi connectivity index (χ1) is 14.4. The van der Waals surface area contributed by atoms with Crippen molar-refractivity contribution in [2.45, 2.75) is 13.3 Å². The number of amides is 2. The second kappa shape index (κ2) is 11.5. The molecule has 8 heteroatoms. The van der Waals surface area contributed by atoms with E-state index in [0.717, 1.165) is 5.56 Å². The van der Waals surface area contributed by atoms with Crippen molar-refractivity contribution in [2.24, 2.45) is 4.99 Å². The van der Waals surface area contributed by atoms with Crippen LogP contribution in [-0.2, 0) is 11.2 Å². The molecule has 0 fully saturated rings. The lowest BCUT2D eigenvalue weighted by Gasteiger charge is -2.13. The summed E-state index contributed by atoms with van der Waals surface area (Å²) in [5, 5.41) is 8.86. The van der Waals surface area contributed by atoms with E-state index in [9.17, 15) is 14.0 Å². The summed E-state index contributed by atoms with van der Waals surface area (Å²) in [7, 11) is 3.44. The van der Waals surface area contributed by atoms with E-state index in [4.69, 9.17) is 0 Å². The fraction of sp³-hybridized carbons (Fsp3) is 0.318. The zero-order valence-electron chi connectivity index (χ0n) is 17.5. The number of hydrogen-bond donors (Lipinski definition) is 3. The minimum atomic E-state index is -0.414. The molecule has 0 radical (unpaired) electrons. The van der Waals surface area contributed by atoms with E-state index in [-0.39, 0.29) is 18.4 Å². The quantitative estimate of drug-likeness (QED) is 0.458. The van der Waals surface area contributed by atoms with Gasteiger partial charge in [-0.25, -0.2) is 9.38 Å². The second-order valence-electron chi connectivity index (χ2n) is 6.83. The summed E-state index contributed by atoms with van der Waals surface area (Å²) in [5.74, 6) is -0.285. The Bertz CT molecular complexity index is 899. The summed E-state index contributed by atoms with van der Waals surface area (Å²) in [4.78, 5) is 29.9. The molecule has 0 heterocycles. The maximum absolute atomic E-state index is 13.2. The van der Waals surface area contributed by atoms with Gasteiger partial charge in [-0.1, -0.05) is 18.2 Å². The van der Waals surface area contributed by atoms with Crippen LogP contribution in [-0.4, -0.2) is 56.4 Å². The summed E-state index contributed by atoms with van der Waals surface area (Å²) < 4.78 is 13.2. The van der Waals surface area contributed by atoms with Crippen LogP contribution in [0, 0.1) is 5.82 Å². The number of aliphatic imine (C=N–C) groups is 1. The standard InChI is InChI=1S/C22H28FN5O2/c1-4-24-22(26-15-20(29)27-19-10-6-9-18(23)14-19)25-12-11-16-7-5-8-17(13-16)21(30)28(2)3/h5-10,13-14H,4,11-12,15H2,1-3H3,(H,27,29)(H2,24,25,26). The average Bonchev–Trinajstić information content (AvgIpc) is 2.71. The van der Waals surface area contributed by atoms with Crippen LogP contribution in [0.4, 0.5) is 10.1 Å². The Balaban J connectivity index is 1.88. The third-order valence-corrected chi connectivity index (χ3v) is 4.12. The molecule has 0 aliphatic carbocycles. The van der Waals surface area contributed by atoms with Crippen LogP contribution in [0.5, 0.6) is 0 Å². The van der Waals surface area contributed by atoms with Gasteiger partial charge in [-0.05, 0) is 49.2 Å². The molecular weight excluding hydrogens is 385 g/mol. The Morgan fingerprint density at radius 3 is 2.53 bits per heavy atom. The maximum atomic E-state index is 13.2. The van der Waals surface area contributed by atoms with Gasteiger partial charge in [0.1, 0.15) is 12.4 Å². The van der Waals surface area contributed by atoms with E-state index in [1.54, 1.807) is 31.1 Å². The minimum absolute atomic E-state index is 0.0379. The molecule has 160 valence electrons. The van der Waals surface area contributed by atoms with Crippen LogP contribution in [0.1, 0.15) is 22.8 Å². The molecule has 30 heavy (non-hydrogen) atoms. The topological polar surface area (TPSA) is 85.8 Å². The lowest BCUT2D eigenvalue weighted by molar-refractivity contribution is -0.114. The van der Waals surface area contributed by atoms with E-state index < -0.39 is 5.82 Å². The zero-order valence-corrected chi connectivity index (χ0v) is 17.5. The molecule has 2 rings (SSSR count). The Morgan fingerprint density at radius 1 is 1.07 bits per heavy atom. The van der Waals surface area contributed by atoms with Gasteiger partial charge in [-0.15, -0.1) is 0 Å². The fourth-order valence-electron chi connectivity index (χ4n) is 2.70. The Labute approximate surface area is 176 Å². The first kappa shape index (κ1) is 22.9. The van der Waals surface area contributed by atoms with Gasteiger partial charge in [0.2, 0.25) is 5.91 Å². The lowest BCUT2D eigenvalue weighted by atomic mass is 10.1. The van der Waals surface area contributed by atoms with Gasteiger partial charge >= 0.3 is 0 Å². The number of carbonyl (C=O) groups is 2. The minimum Gasteiger partial charge on any atom is -0.357 e. The van der Waals surface area contributed by atoms with Crippen LogP contribution in [0.3, 0.4) is 0 Å². The number of benzene rings is 2. The molecular formula is C22H28FN5O2. The van der Waals surface area contributed by atoms with Crippen LogP contribution in [0.25, 0.3) is 0 Å². The highest BCUT2D eigenvalue weighted by molar-refractivity contribution is 5.94. The number of carbonyl (C=O) groups excluding carboxylic acids is 2. The number of nitrogens with zero attached hydrogens (tertiary/aromatic N) is 2. The van der Waals surface area contributed by atoms with Crippen molar-refractivity contribution in [3.63, 3.8) is 0 Å². The van der Waals surface area contributed by atoms with E-state index in [2.05, 4.69) is 20.9 Å². The summed E-state index contributed by atoms with van der Waals surface area (Å²) in [6.07, 6.45) is 0.689. The smallest absolute Gasteiger partial charge is 0.253 e. The first-order valence-corrected chi connectivity index (χ1v) is 9.77. The van der Waals surface area contributed by atoms with Crippen molar-refractivity contribution < 1.29 is 14.0 Å². The highest BCUT2D eigenvalue weighted by atomic mass is 19.1. The molecule has 2 amide bonds. The summed E-state index contributed by atoms with van der Waals surface area (Å²) in [6, 6.07) is 13.2. The lowest BCUT2D eigenvalue weighted by Crippen LogP contribution is -2.39. The van der Waals surface area contributed by atoms with Gasteiger partial charge in [0.05, 0.1) is 0 Å². The van der Waals surface area contributed by atoms with Crippen LogP contribution < -0.4 is 16.0 Å². The van der Waals surface area contributed by atoms with E-state index in [1.165, 1.54) is 18.2 Å². The third kappa shape index (κ3) is 7.54. The molecule has 0 unspecified atom stereocenters. The van der Waals surface area contributed by atoms with Gasteiger partial charge in [0, 0.05) is 38.4 Å². The monoisotopic (exact) mass is 413 g/mol. The number of halogens is 1. The first-order valence-electron chi connectivity index (χ1n) is 9.77. The predicted octanol–water partition coefficient (Wildman–Crippen LogP) is 2.26. The molecule has 3 N–H and O–H groups in total. The maximum Gasteiger partial charge on any atom is 0.253 e. The van der Waals surface area contributed by atoms with E-state index in [1.807, 2.05) is 25.1 Å². The molecule has 0 spiro atoms. The van der Waals surface area contributed by atoms with Gasteiger partial charge < -0.3 is 20.9 Å². The van der Waals surface area contributed by atoms with Gasteiger partial charge in [-0.2, -0.15) is 0 Å². The van der Waals surface area contributed by atoms with Crippen molar-refractivity contribution in [3.8, 4) is 0 Å². The van der Waals surface area contributed by atoms with Crippen LogP contribution in [0.15, 0.2) is 53.5 Å². The fourth-order valence-corrected chi connectivity index (χ4v) is 2.70. The molecule has 0 saturated carbocycles. The largest absolute Gasteiger partial charge is 0.357 e. The molecule has 7 nitrogen and oxygen atoms in total. The molecule has 0 bridgehead atoms. The highest BCUT2D eigenvalue weighted by Gasteiger charge is 2.08. The SMILES string of the molecule is CCNC(=NCC(=O)Nc1cccc(F)c1)NCCc1cccc(C(=O)N(C)C)c1. The van der Waals surface area contributed by atoms with Crippen molar-refractivity contribution in [1.29, 1.82) is 0 Å². The second-order valence-corrected chi connectivity index (χ2v) is 6.83. The molecule has 0 aliphatic rings. The average molecular weight is 413 g/mol. The Morgan fingerprint density at radius 2 is 1.83 bits per heavy atom. The molecule has 2 aromatic rings. The number of rotatable bonds is 8. The van der Waals surface area contributed by atoms with Crippen molar-refractivity contribution in [3.05, 3.63) is 65.5 Å². The highest BCUT2D eigenvalue weighted by Crippen LogP contribution is 2.09. The summed E-state index contributed by atoms with van der Waals surface area (Å²) in [6.45, 7) is 3.06. The van der Waals surface area contributed by atoms with Crippen molar-refractivity contribution in [1.82, 2.24) is 15.5 Å². The van der Waals surface area contributed by atoms with E-state index >= 15 is 0 Å². The Kier molecular flexibility index (Phi) is 8.80. The number of hydrogen-bond acceptors (Lipinski definition) is 3. The third-order valence-electron chi connectivity index (χ3n) is 4.12. The van der Waals surface area contributed by atoms with Crippen LogP contribution in [0.2, 0.25) is 0 Å². The summed E-state index contributed by atoms with van der Waals surface area (Å²) >= 11 is 0. The number of anilines is 1.